The fraction of sp³-hybridized carbons (Fsp3) is 0.611. The molecule has 0 bridgehead atoms. The van der Waals surface area contributed by atoms with Crippen LogP contribution in [0.2, 0.25) is 0 Å². The van der Waals surface area contributed by atoms with Crippen molar-refractivity contribution in [3.05, 3.63) is 24.3 Å². The predicted octanol–water partition coefficient (Wildman–Crippen LogP) is 2.47. The van der Waals surface area contributed by atoms with E-state index in [9.17, 15) is 13.2 Å². The van der Waals surface area contributed by atoms with Gasteiger partial charge in [0, 0.05) is 25.4 Å². The molecule has 138 valence electrons. The van der Waals surface area contributed by atoms with Crippen LogP contribution in [-0.2, 0) is 19.6 Å². The van der Waals surface area contributed by atoms with Crippen molar-refractivity contribution in [2.45, 2.75) is 44.1 Å². The first kappa shape index (κ1) is 18.4. The second-order valence-electron chi connectivity index (χ2n) is 7.28. The number of hydrogen-bond acceptors (Lipinski definition) is 4. The van der Waals surface area contributed by atoms with E-state index in [2.05, 4.69) is 19.2 Å². The molecule has 25 heavy (non-hydrogen) atoms. The molecule has 1 aromatic rings. The molecule has 0 radical (unpaired) electrons. The first-order chi connectivity index (χ1) is 11.9. The van der Waals surface area contributed by atoms with Crippen LogP contribution < -0.4 is 5.32 Å². The van der Waals surface area contributed by atoms with Crippen LogP contribution >= 0.6 is 0 Å². The number of carbonyl (C=O) groups excluding carboxylic acids is 1. The average molecular weight is 366 g/mol. The van der Waals surface area contributed by atoms with E-state index in [-0.39, 0.29) is 10.8 Å². The number of piperidine rings is 1. The van der Waals surface area contributed by atoms with Crippen molar-refractivity contribution in [2.24, 2.45) is 11.8 Å². The lowest BCUT2D eigenvalue weighted by Crippen LogP contribution is -2.42. The molecule has 0 aliphatic carbocycles. The Labute approximate surface area is 149 Å². The van der Waals surface area contributed by atoms with Crippen LogP contribution in [0.4, 0.5) is 5.69 Å². The van der Waals surface area contributed by atoms with Crippen LogP contribution in [0.15, 0.2) is 29.2 Å². The molecule has 1 aromatic carbocycles. The van der Waals surface area contributed by atoms with Gasteiger partial charge in [-0.2, -0.15) is 4.31 Å². The summed E-state index contributed by atoms with van der Waals surface area (Å²) in [6.07, 6.45) is 2.27. The van der Waals surface area contributed by atoms with Gasteiger partial charge in [0.1, 0.15) is 6.10 Å². The van der Waals surface area contributed by atoms with Crippen LogP contribution in [-0.4, -0.2) is 44.4 Å². The molecule has 2 heterocycles. The molecule has 2 saturated heterocycles. The van der Waals surface area contributed by atoms with Crippen LogP contribution in [0.3, 0.4) is 0 Å². The molecule has 0 aromatic heterocycles. The van der Waals surface area contributed by atoms with Crippen molar-refractivity contribution >= 4 is 21.6 Å². The quantitative estimate of drug-likeness (QED) is 0.888. The Balaban J connectivity index is 1.69. The van der Waals surface area contributed by atoms with Gasteiger partial charge < -0.3 is 10.1 Å². The summed E-state index contributed by atoms with van der Waals surface area (Å²) in [4.78, 5) is 12.3. The van der Waals surface area contributed by atoms with Gasteiger partial charge in [-0.3, -0.25) is 4.79 Å². The first-order valence-corrected chi connectivity index (χ1v) is 10.3. The van der Waals surface area contributed by atoms with Crippen molar-refractivity contribution in [1.82, 2.24) is 4.31 Å². The maximum atomic E-state index is 12.8. The van der Waals surface area contributed by atoms with Crippen molar-refractivity contribution in [1.29, 1.82) is 0 Å². The lowest BCUT2D eigenvalue weighted by Gasteiger charge is -2.34. The second kappa shape index (κ2) is 7.43. The number of sulfonamides is 1. The van der Waals surface area contributed by atoms with E-state index in [0.717, 1.165) is 19.3 Å². The summed E-state index contributed by atoms with van der Waals surface area (Å²) in [5.41, 5.74) is 0.583. The largest absolute Gasteiger partial charge is 0.368 e. The summed E-state index contributed by atoms with van der Waals surface area (Å²) in [5.74, 6) is 0.554. The normalized spacial score (nSPS) is 28.0. The van der Waals surface area contributed by atoms with E-state index < -0.39 is 16.1 Å². The fourth-order valence-corrected chi connectivity index (χ4v) is 5.35. The minimum atomic E-state index is -3.49. The summed E-state index contributed by atoms with van der Waals surface area (Å²) in [7, 11) is -3.49. The van der Waals surface area contributed by atoms with E-state index in [1.165, 1.54) is 0 Å². The molecule has 0 spiro atoms. The minimum Gasteiger partial charge on any atom is -0.368 e. The third-order valence-corrected chi connectivity index (χ3v) is 6.66. The second-order valence-corrected chi connectivity index (χ2v) is 9.22. The number of amides is 1. The molecule has 6 nitrogen and oxygen atoms in total. The monoisotopic (exact) mass is 366 g/mol. The molecule has 0 unspecified atom stereocenters. The SMILES string of the molecule is C[C@H]1C[C@H](C)CN(S(=O)(=O)c2ccc(NC(=O)[C@@H]3CCCO3)cc2)C1. The van der Waals surface area contributed by atoms with Gasteiger partial charge >= 0.3 is 0 Å². The third kappa shape index (κ3) is 4.22. The van der Waals surface area contributed by atoms with Gasteiger partial charge in [0.2, 0.25) is 10.0 Å². The number of rotatable bonds is 4. The number of carbonyl (C=O) groups is 1. The molecule has 2 aliphatic rings. The zero-order valence-corrected chi connectivity index (χ0v) is 15.6. The smallest absolute Gasteiger partial charge is 0.253 e. The number of anilines is 1. The summed E-state index contributed by atoms with van der Waals surface area (Å²) < 4.78 is 32.6. The highest BCUT2D eigenvalue weighted by Crippen LogP contribution is 2.27. The number of hydrogen-bond donors (Lipinski definition) is 1. The zero-order chi connectivity index (χ0) is 18.0. The molecule has 1 amide bonds. The minimum absolute atomic E-state index is 0.174. The van der Waals surface area contributed by atoms with Crippen molar-refractivity contribution < 1.29 is 17.9 Å². The van der Waals surface area contributed by atoms with Crippen LogP contribution in [0.1, 0.15) is 33.1 Å². The van der Waals surface area contributed by atoms with Crippen LogP contribution in [0.5, 0.6) is 0 Å². The van der Waals surface area contributed by atoms with Crippen LogP contribution in [0.25, 0.3) is 0 Å². The van der Waals surface area contributed by atoms with Gasteiger partial charge in [-0.15, -0.1) is 0 Å². The maximum absolute atomic E-state index is 12.8. The van der Waals surface area contributed by atoms with Crippen molar-refractivity contribution in [2.75, 3.05) is 25.0 Å². The molecule has 1 N–H and O–H groups in total. The Bertz CT molecular complexity index is 701. The molecule has 7 heteroatoms. The van der Waals surface area contributed by atoms with Crippen molar-refractivity contribution in [3.8, 4) is 0 Å². The Kier molecular flexibility index (Phi) is 5.46. The van der Waals surface area contributed by atoms with Crippen molar-refractivity contribution in [3.63, 3.8) is 0 Å². The molecule has 3 atom stereocenters. The van der Waals surface area contributed by atoms with Gasteiger partial charge in [0.25, 0.3) is 5.91 Å². The Morgan fingerprint density at radius 2 is 1.80 bits per heavy atom. The van der Waals surface area contributed by atoms with E-state index in [0.29, 0.717) is 37.2 Å². The molecular weight excluding hydrogens is 340 g/mol. The predicted molar refractivity (Wildman–Crippen MR) is 95.7 cm³/mol. The molecular formula is C18H26N2O4S. The highest BCUT2D eigenvalue weighted by Gasteiger charge is 2.31. The standard InChI is InChI=1S/C18H26N2O4S/c1-13-10-14(2)12-20(11-13)25(22,23)16-7-5-15(6-8-16)19-18(21)17-4-3-9-24-17/h5-8,13-14,17H,3-4,9-12H2,1-2H3,(H,19,21)/t13-,14-,17-/m0/s1. The Morgan fingerprint density at radius 3 is 2.36 bits per heavy atom. The topological polar surface area (TPSA) is 75.7 Å². The zero-order valence-electron chi connectivity index (χ0n) is 14.8. The first-order valence-electron chi connectivity index (χ1n) is 8.89. The summed E-state index contributed by atoms with van der Waals surface area (Å²) >= 11 is 0. The number of benzene rings is 1. The Morgan fingerprint density at radius 1 is 1.16 bits per heavy atom. The lowest BCUT2D eigenvalue weighted by molar-refractivity contribution is -0.124. The number of nitrogens with zero attached hydrogens (tertiary/aromatic N) is 1. The molecule has 2 aliphatic heterocycles. The number of nitrogens with one attached hydrogen (secondary N) is 1. The maximum Gasteiger partial charge on any atom is 0.253 e. The molecule has 3 rings (SSSR count). The summed E-state index contributed by atoms with van der Waals surface area (Å²) in [5, 5.41) is 2.78. The van der Waals surface area contributed by atoms with Gasteiger partial charge in [0.15, 0.2) is 0 Å². The van der Waals surface area contributed by atoms with Gasteiger partial charge in [-0.1, -0.05) is 13.8 Å². The summed E-state index contributed by atoms with van der Waals surface area (Å²) in [6.45, 7) is 5.90. The third-order valence-electron chi connectivity index (χ3n) is 4.82. The van der Waals surface area contributed by atoms with E-state index >= 15 is 0 Å². The van der Waals surface area contributed by atoms with Crippen LogP contribution in [0, 0.1) is 11.8 Å². The van der Waals surface area contributed by atoms with Gasteiger partial charge in [0.05, 0.1) is 4.90 Å². The van der Waals surface area contributed by atoms with E-state index in [1.54, 1.807) is 28.6 Å². The average Bonchev–Trinajstić information content (AvgIpc) is 3.09. The molecule has 2 fully saturated rings. The highest BCUT2D eigenvalue weighted by atomic mass is 32.2. The highest BCUT2D eigenvalue weighted by molar-refractivity contribution is 7.89. The van der Waals surface area contributed by atoms with Gasteiger partial charge in [-0.25, -0.2) is 8.42 Å². The van der Waals surface area contributed by atoms with E-state index in [4.69, 9.17) is 4.74 Å². The number of ether oxygens (including phenoxy) is 1. The fourth-order valence-electron chi connectivity index (χ4n) is 3.67. The molecule has 0 saturated carbocycles. The van der Waals surface area contributed by atoms with E-state index in [1.807, 2.05) is 0 Å². The lowest BCUT2D eigenvalue weighted by atomic mass is 9.94. The Hall–Kier alpha value is -1.44. The van der Waals surface area contributed by atoms with Gasteiger partial charge in [-0.05, 0) is 55.4 Å². The summed E-state index contributed by atoms with van der Waals surface area (Å²) in [6, 6.07) is 6.39.